The van der Waals surface area contributed by atoms with Gasteiger partial charge in [0.2, 0.25) is 0 Å². The number of halogens is 3. The zero-order valence-electron chi connectivity index (χ0n) is 19.9. The Hall–Kier alpha value is -3.47. The van der Waals surface area contributed by atoms with E-state index in [4.69, 9.17) is 4.98 Å². The molecule has 190 valence electrons. The molecule has 0 unspecified atom stereocenters. The largest absolute Gasteiger partial charge is 0.573 e. The van der Waals surface area contributed by atoms with Gasteiger partial charge in [-0.2, -0.15) is 0 Å². The van der Waals surface area contributed by atoms with Crippen LogP contribution in [0.5, 0.6) is 5.75 Å². The molecule has 2 fully saturated rings. The normalized spacial score (nSPS) is 17.6. The standard InChI is InChI=1S/C25H28F3N7O/c1-2-34-10-6-17(7-11-34)19-15-35(16-19)23-13-22(32-24(33-23)18-4-3-8-29-14-18)31-21-12-20(5-9-30-21)36-25(26,27)28/h3-5,8-9,12-14,17,19H,2,6-7,10-11,15-16H2,1H3,(H,30,31,32,33). The Kier molecular flexibility index (Phi) is 6.90. The summed E-state index contributed by atoms with van der Waals surface area (Å²) in [4.78, 5) is 22.3. The first kappa shape index (κ1) is 24.2. The predicted octanol–water partition coefficient (Wildman–Crippen LogP) is 4.74. The first-order chi connectivity index (χ1) is 17.4. The third-order valence-corrected chi connectivity index (χ3v) is 6.83. The van der Waals surface area contributed by atoms with Gasteiger partial charge in [-0.15, -0.1) is 13.2 Å². The monoisotopic (exact) mass is 499 g/mol. The van der Waals surface area contributed by atoms with Gasteiger partial charge in [-0.3, -0.25) is 4.98 Å². The van der Waals surface area contributed by atoms with Gasteiger partial charge in [-0.05, 0) is 62.5 Å². The van der Waals surface area contributed by atoms with E-state index in [1.54, 1.807) is 24.5 Å². The average Bonchev–Trinajstić information content (AvgIpc) is 2.83. The van der Waals surface area contributed by atoms with Crippen LogP contribution in [0.25, 0.3) is 11.4 Å². The summed E-state index contributed by atoms with van der Waals surface area (Å²) >= 11 is 0. The van der Waals surface area contributed by atoms with E-state index in [0.29, 0.717) is 17.6 Å². The van der Waals surface area contributed by atoms with E-state index in [2.05, 4.69) is 41.7 Å². The maximum absolute atomic E-state index is 12.6. The Morgan fingerprint density at radius 1 is 1.03 bits per heavy atom. The van der Waals surface area contributed by atoms with Crippen LogP contribution in [-0.4, -0.2) is 63.9 Å². The van der Waals surface area contributed by atoms with Gasteiger partial charge in [0.15, 0.2) is 5.82 Å². The summed E-state index contributed by atoms with van der Waals surface area (Å²) < 4.78 is 41.9. The van der Waals surface area contributed by atoms with E-state index in [0.717, 1.165) is 56.1 Å². The highest BCUT2D eigenvalue weighted by Crippen LogP contribution is 2.35. The molecule has 3 aromatic rings. The van der Waals surface area contributed by atoms with E-state index in [-0.39, 0.29) is 11.6 Å². The lowest BCUT2D eigenvalue weighted by Crippen LogP contribution is -2.52. The Bertz CT molecular complexity index is 1160. The minimum atomic E-state index is -4.78. The Labute approximate surface area is 207 Å². The van der Waals surface area contributed by atoms with Gasteiger partial charge in [0.1, 0.15) is 23.2 Å². The van der Waals surface area contributed by atoms with Crippen LogP contribution in [0, 0.1) is 11.8 Å². The van der Waals surface area contributed by atoms with Gasteiger partial charge in [0, 0.05) is 49.4 Å². The van der Waals surface area contributed by atoms with Crippen molar-refractivity contribution in [3.8, 4) is 17.1 Å². The van der Waals surface area contributed by atoms with Crippen molar-refractivity contribution in [3.05, 3.63) is 48.9 Å². The molecule has 0 amide bonds. The highest BCUT2D eigenvalue weighted by atomic mass is 19.4. The van der Waals surface area contributed by atoms with Gasteiger partial charge in [-0.25, -0.2) is 15.0 Å². The van der Waals surface area contributed by atoms with Crippen molar-refractivity contribution in [2.24, 2.45) is 11.8 Å². The molecule has 2 aliphatic heterocycles. The van der Waals surface area contributed by atoms with Crippen molar-refractivity contribution < 1.29 is 17.9 Å². The molecule has 0 bridgehead atoms. The van der Waals surface area contributed by atoms with Crippen LogP contribution < -0.4 is 15.0 Å². The summed E-state index contributed by atoms with van der Waals surface area (Å²) in [6.07, 6.45) is 2.27. The molecule has 8 nitrogen and oxygen atoms in total. The molecule has 5 heterocycles. The summed E-state index contributed by atoms with van der Waals surface area (Å²) in [7, 11) is 0. The maximum Gasteiger partial charge on any atom is 0.573 e. The van der Waals surface area contributed by atoms with Gasteiger partial charge < -0.3 is 19.9 Å². The number of hydrogen-bond donors (Lipinski definition) is 1. The molecule has 0 spiro atoms. The fraction of sp³-hybridized carbons (Fsp3) is 0.440. The van der Waals surface area contributed by atoms with E-state index in [1.165, 1.54) is 25.1 Å². The van der Waals surface area contributed by atoms with Crippen LogP contribution >= 0.6 is 0 Å². The minimum Gasteiger partial charge on any atom is -0.406 e. The van der Waals surface area contributed by atoms with Crippen molar-refractivity contribution in [1.29, 1.82) is 0 Å². The minimum absolute atomic E-state index is 0.183. The van der Waals surface area contributed by atoms with E-state index in [9.17, 15) is 13.2 Å². The van der Waals surface area contributed by atoms with Gasteiger partial charge in [-0.1, -0.05) is 6.92 Å². The number of rotatable bonds is 7. The molecule has 2 aliphatic rings. The topological polar surface area (TPSA) is 79.3 Å². The number of aromatic nitrogens is 4. The highest BCUT2D eigenvalue weighted by molar-refractivity contribution is 5.64. The number of alkyl halides is 3. The van der Waals surface area contributed by atoms with Crippen molar-refractivity contribution in [1.82, 2.24) is 24.8 Å². The molecule has 0 saturated carbocycles. The second kappa shape index (κ2) is 10.3. The van der Waals surface area contributed by atoms with E-state index in [1.807, 2.05) is 6.07 Å². The smallest absolute Gasteiger partial charge is 0.406 e. The lowest BCUT2D eigenvalue weighted by molar-refractivity contribution is -0.274. The Balaban J connectivity index is 1.34. The van der Waals surface area contributed by atoms with Crippen molar-refractivity contribution >= 4 is 17.5 Å². The number of pyridine rings is 2. The number of nitrogens with zero attached hydrogens (tertiary/aromatic N) is 6. The highest BCUT2D eigenvalue weighted by Gasteiger charge is 2.36. The summed E-state index contributed by atoms with van der Waals surface area (Å²) in [6, 6.07) is 7.80. The summed E-state index contributed by atoms with van der Waals surface area (Å²) in [5, 5.41) is 3.01. The molecule has 0 aromatic carbocycles. The molecule has 5 rings (SSSR count). The van der Waals surface area contributed by atoms with Gasteiger partial charge in [0.25, 0.3) is 0 Å². The van der Waals surface area contributed by atoms with Crippen LogP contribution in [0.1, 0.15) is 19.8 Å². The van der Waals surface area contributed by atoms with Crippen LogP contribution in [0.15, 0.2) is 48.9 Å². The number of nitrogens with one attached hydrogen (secondary N) is 1. The van der Waals surface area contributed by atoms with Crippen LogP contribution in [0.2, 0.25) is 0 Å². The zero-order chi connectivity index (χ0) is 25.1. The maximum atomic E-state index is 12.6. The number of likely N-dealkylation sites (tertiary alicyclic amines) is 1. The summed E-state index contributed by atoms with van der Waals surface area (Å²) in [6.45, 7) is 7.49. The Morgan fingerprint density at radius 2 is 1.83 bits per heavy atom. The lowest BCUT2D eigenvalue weighted by Gasteiger charge is -2.46. The number of anilines is 3. The van der Waals surface area contributed by atoms with Crippen LogP contribution in [0.3, 0.4) is 0 Å². The molecule has 11 heteroatoms. The quantitative estimate of drug-likeness (QED) is 0.499. The second-order valence-corrected chi connectivity index (χ2v) is 9.16. The first-order valence-corrected chi connectivity index (χ1v) is 12.1. The molecule has 36 heavy (non-hydrogen) atoms. The van der Waals surface area contributed by atoms with E-state index >= 15 is 0 Å². The molecule has 0 aliphatic carbocycles. The fourth-order valence-electron chi connectivity index (χ4n) is 4.83. The predicted molar refractivity (Wildman–Crippen MR) is 130 cm³/mol. The summed E-state index contributed by atoms with van der Waals surface area (Å²) in [5.41, 5.74) is 0.744. The molecule has 0 atom stereocenters. The number of ether oxygens (including phenoxy) is 1. The number of hydrogen-bond acceptors (Lipinski definition) is 8. The average molecular weight is 500 g/mol. The van der Waals surface area contributed by atoms with Crippen molar-refractivity contribution in [2.75, 3.05) is 42.9 Å². The third kappa shape index (κ3) is 5.84. The van der Waals surface area contributed by atoms with Crippen molar-refractivity contribution in [3.63, 3.8) is 0 Å². The van der Waals surface area contributed by atoms with Crippen LogP contribution in [0.4, 0.5) is 30.6 Å². The van der Waals surface area contributed by atoms with Gasteiger partial charge in [0.05, 0.1) is 0 Å². The molecular weight excluding hydrogens is 471 g/mol. The summed E-state index contributed by atoms with van der Waals surface area (Å²) in [5.74, 6) is 2.85. The molecule has 2 saturated heterocycles. The van der Waals surface area contributed by atoms with Gasteiger partial charge >= 0.3 is 6.36 Å². The SMILES string of the molecule is CCN1CCC(C2CN(c3cc(Nc4cc(OC(F)(F)F)ccn4)nc(-c4cccnc4)n3)C2)CC1. The van der Waals surface area contributed by atoms with E-state index < -0.39 is 6.36 Å². The third-order valence-electron chi connectivity index (χ3n) is 6.83. The fourth-order valence-corrected chi connectivity index (χ4v) is 4.83. The molecule has 0 radical (unpaired) electrons. The lowest BCUT2D eigenvalue weighted by atomic mass is 9.79. The number of piperidine rings is 1. The Morgan fingerprint density at radius 3 is 2.53 bits per heavy atom. The van der Waals surface area contributed by atoms with Crippen LogP contribution in [-0.2, 0) is 0 Å². The van der Waals surface area contributed by atoms with Crippen molar-refractivity contribution in [2.45, 2.75) is 26.1 Å². The second-order valence-electron chi connectivity index (χ2n) is 9.16. The zero-order valence-corrected chi connectivity index (χ0v) is 19.9. The molecular formula is C25H28F3N7O. The first-order valence-electron chi connectivity index (χ1n) is 12.1. The molecule has 1 N–H and O–H groups in total. The molecule has 3 aromatic heterocycles.